The van der Waals surface area contributed by atoms with Crippen molar-refractivity contribution < 1.29 is 18.0 Å². The van der Waals surface area contributed by atoms with Crippen LogP contribution in [0.15, 0.2) is 72.8 Å². The highest BCUT2D eigenvalue weighted by Crippen LogP contribution is 2.28. The number of halogens is 3. The molecule has 3 aromatic carbocycles. The minimum atomic E-state index is -2.78. The van der Waals surface area contributed by atoms with Gasteiger partial charge in [-0.3, -0.25) is 4.79 Å². The van der Waals surface area contributed by atoms with Crippen LogP contribution >= 0.6 is 0 Å². The fraction of sp³-hybridized carbons (Fsp3) is 0.125. The number of alkyl halides is 2. The number of para-hydroxylation sites is 1. The van der Waals surface area contributed by atoms with Crippen molar-refractivity contribution in [2.24, 2.45) is 0 Å². The van der Waals surface area contributed by atoms with E-state index >= 15 is 0 Å². The Morgan fingerprint density at radius 2 is 1.59 bits per heavy atom. The highest BCUT2D eigenvalue weighted by molar-refractivity contribution is 6.04. The first-order chi connectivity index (χ1) is 15.4. The SMILES string of the molecule is CC(Nc1nc(C(F)F)nc2ccccc12)c1ccc(NC(=O)c2ccc(F)cc2)cc1. The van der Waals surface area contributed by atoms with Crippen molar-refractivity contribution in [2.75, 3.05) is 10.6 Å². The molecule has 1 amide bonds. The van der Waals surface area contributed by atoms with Crippen LogP contribution in [0, 0.1) is 5.82 Å². The summed E-state index contributed by atoms with van der Waals surface area (Å²) in [7, 11) is 0. The molecule has 8 heteroatoms. The molecule has 0 fully saturated rings. The molecule has 4 aromatic rings. The van der Waals surface area contributed by atoms with E-state index < -0.39 is 18.1 Å². The van der Waals surface area contributed by atoms with E-state index in [9.17, 15) is 18.0 Å². The summed E-state index contributed by atoms with van der Waals surface area (Å²) in [6.07, 6.45) is -2.78. The highest BCUT2D eigenvalue weighted by atomic mass is 19.3. The van der Waals surface area contributed by atoms with Crippen molar-refractivity contribution in [1.82, 2.24) is 9.97 Å². The third-order valence-corrected chi connectivity index (χ3v) is 4.94. The molecular weight excluding hydrogens is 417 g/mol. The first-order valence-corrected chi connectivity index (χ1v) is 9.89. The van der Waals surface area contributed by atoms with Crippen molar-refractivity contribution in [3.8, 4) is 0 Å². The van der Waals surface area contributed by atoms with Gasteiger partial charge >= 0.3 is 0 Å². The predicted octanol–water partition coefficient (Wildman–Crippen LogP) is 6.13. The van der Waals surface area contributed by atoms with Crippen molar-refractivity contribution in [2.45, 2.75) is 19.4 Å². The van der Waals surface area contributed by atoms with E-state index in [-0.39, 0.29) is 11.9 Å². The Labute approximate surface area is 182 Å². The van der Waals surface area contributed by atoms with Gasteiger partial charge in [0.25, 0.3) is 12.3 Å². The molecule has 0 bridgehead atoms. The Kier molecular flexibility index (Phi) is 6.02. The first kappa shape index (κ1) is 21.3. The lowest BCUT2D eigenvalue weighted by atomic mass is 10.1. The minimum absolute atomic E-state index is 0.249. The van der Waals surface area contributed by atoms with E-state index in [0.717, 1.165) is 5.56 Å². The molecule has 0 saturated carbocycles. The van der Waals surface area contributed by atoms with Gasteiger partial charge in [-0.2, -0.15) is 0 Å². The van der Waals surface area contributed by atoms with Gasteiger partial charge in [0.1, 0.15) is 11.6 Å². The lowest BCUT2D eigenvalue weighted by Gasteiger charge is -2.17. The molecule has 0 saturated heterocycles. The largest absolute Gasteiger partial charge is 0.363 e. The third-order valence-electron chi connectivity index (χ3n) is 4.94. The number of amides is 1. The Hall–Kier alpha value is -3.94. The number of hydrogen-bond acceptors (Lipinski definition) is 4. The molecule has 1 unspecified atom stereocenters. The predicted molar refractivity (Wildman–Crippen MR) is 117 cm³/mol. The smallest absolute Gasteiger partial charge is 0.297 e. The molecule has 1 aromatic heterocycles. The van der Waals surface area contributed by atoms with Crippen molar-refractivity contribution in [1.29, 1.82) is 0 Å². The summed E-state index contributed by atoms with van der Waals surface area (Å²) in [6, 6.07) is 19.1. The lowest BCUT2D eigenvalue weighted by molar-refractivity contribution is 0.102. The average Bonchev–Trinajstić information content (AvgIpc) is 2.79. The second-order valence-corrected chi connectivity index (χ2v) is 7.20. The van der Waals surface area contributed by atoms with Crippen molar-refractivity contribution in [3.05, 3.63) is 95.6 Å². The maximum Gasteiger partial charge on any atom is 0.297 e. The second kappa shape index (κ2) is 9.05. The summed E-state index contributed by atoms with van der Waals surface area (Å²) in [5.74, 6) is -0.968. The van der Waals surface area contributed by atoms with Crippen LogP contribution in [0.1, 0.15) is 41.1 Å². The summed E-state index contributed by atoms with van der Waals surface area (Å²) in [5, 5.41) is 6.58. The molecule has 1 atom stereocenters. The molecule has 4 rings (SSSR count). The standard InChI is InChI=1S/C24H19F3N4O/c1-14(28-22-19-4-2-3-5-20(19)30-23(31-22)21(26)27)15-8-12-18(13-9-15)29-24(32)16-6-10-17(25)11-7-16/h2-14,21H,1H3,(H,29,32)(H,28,30,31). The van der Waals surface area contributed by atoms with Crippen LogP contribution in [0.2, 0.25) is 0 Å². The number of hydrogen-bond donors (Lipinski definition) is 2. The molecule has 5 nitrogen and oxygen atoms in total. The monoisotopic (exact) mass is 436 g/mol. The maximum absolute atomic E-state index is 13.2. The van der Waals surface area contributed by atoms with Crippen LogP contribution in [0.5, 0.6) is 0 Å². The van der Waals surface area contributed by atoms with E-state index in [2.05, 4.69) is 20.6 Å². The number of aromatic nitrogens is 2. The Balaban J connectivity index is 1.50. The molecule has 2 N–H and O–H groups in total. The zero-order chi connectivity index (χ0) is 22.7. The van der Waals surface area contributed by atoms with Gasteiger partial charge in [0, 0.05) is 22.7 Å². The zero-order valence-corrected chi connectivity index (χ0v) is 17.0. The number of rotatable bonds is 6. The number of fused-ring (bicyclic) bond motifs is 1. The molecule has 0 aliphatic rings. The van der Waals surface area contributed by atoms with Crippen molar-refractivity contribution in [3.63, 3.8) is 0 Å². The van der Waals surface area contributed by atoms with E-state index in [1.807, 2.05) is 19.1 Å². The molecule has 0 spiro atoms. The Morgan fingerprint density at radius 1 is 0.906 bits per heavy atom. The Morgan fingerprint density at radius 3 is 2.28 bits per heavy atom. The summed E-state index contributed by atoms with van der Waals surface area (Å²) >= 11 is 0. The van der Waals surface area contributed by atoms with E-state index in [1.165, 1.54) is 24.3 Å². The van der Waals surface area contributed by atoms with Gasteiger partial charge in [-0.25, -0.2) is 23.1 Å². The lowest BCUT2D eigenvalue weighted by Crippen LogP contribution is -2.13. The number of nitrogens with zero attached hydrogens (tertiary/aromatic N) is 2. The first-order valence-electron chi connectivity index (χ1n) is 9.89. The van der Waals surface area contributed by atoms with E-state index in [4.69, 9.17) is 0 Å². The molecule has 1 heterocycles. The molecular formula is C24H19F3N4O. The van der Waals surface area contributed by atoms with Gasteiger partial charge in [-0.15, -0.1) is 0 Å². The van der Waals surface area contributed by atoms with Crippen LogP contribution in [-0.4, -0.2) is 15.9 Å². The van der Waals surface area contributed by atoms with Gasteiger partial charge in [0.05, 0.1) is 5.52 Å². The number of carbonyl (C=O) groups excluding carboxylic acids is 1. The maximum atomic E-state index is 13.2. The van der Waals surface area contributed by atoms with Gasteiger partial charge in [-0.05, 0) is 61.0 Å². The number of carbonyl (C=O) groups is 1. The second-order valence-electron chi connectivity index (χ2n) is 7.20. The van der Waals surface area contributed by atoms with Crippen LogP contribution in [0.3, 0.4) is 0 Å². The topological polar surface area (TPSA) is 66.9 Å². The summed E-state index contributed by atoms with van der Waals surface area (Å²) < 4.78 is 39.5. The molecule has 162 valence electrons. The van der Waals surface area contributed by atoms with E-state index in [0.29, 0.717) is 28.0 Å². The number of anilines is 2. The van der Waals surface area contributed by atoms with Gasteiger partial charge in [0.15, 0.2) is 5.82 Å². The summed E-state index contributed by atoms with van der Waals surface area (Å²) in [6.45, 7) is 1.88. The van der Waals surface area contributed by atoms with E-state index in [1.54, 1.807) is 36.4 Å². The molecule has 0 aliphatic heterocycles. The van der Waals surface area contributed by atoms with Crippen LogP contribution in [0.25, 0.3) is 10.9 Å². The third kappa shape index (κ3) is 4.69. The zero-order valence-electron chi connectivity index (χ0n) is 17.0. The van der Waals surface area contributed by atoms with Crippen LogP contribution in [0.4, 0.5) is 24.7 Å². The molecule has 0 radical (unpaired) electrons. The number of nitrogens with one attached hydrogen (secondary N) is 2. The average molecular weight is 436 g/mol. The number of benzene rings is 3. The highest BCUT2D eigenvalue weighted by Gasteiger charge is 2.17. The molecule has 32 heavy (non-hydrogen) atoms. The van der Waals surface area contributed by atoms with Gasteiger partial charge in [0.2, 0.25) is 0 Å². The van der Waals surface area contributed by atoms with Gasteiger partial charge in [-0.1, -0.05) is 24.3 Å². The fourth-order valence-electron chi connectivity index (χ4n) is 3.25. The summed E-state index contributed by atoms with van der Waals surface area (Å²) in [5.41, 5.74) is 2.22. The summed E-state index contributed by atoms with van der Waals surface area (Å²) in [4.78, 5) is 20.2. The fourth-order valence-corrected chi connectivity index (χ4v) is 3.25. The quantitative estimate of drug-likeness (QED) is 0.381. The van der Waals surface area contributed by atoms with Crippen LogP contribution < -0.4 is 10.6 Å². The normalized spacial score (nSPS) is 12.0. The van der Waals surface area contributed by atoms with Crippen molar-refractivity contribution >= 4 is 28.3 Å². The minimum Gasteiger partial charge on any atom is -0.363 e. The molecule has 0 aliphatic carbocycles. The van der Waals surface area contributed by atoms with Crippen LogP contribution in [-0.2, 0) is 0 Å². The van der Waals surface area contributed by atoms with Gasteiger partial charge < -0.3 is 10.6 Å². The Bertz CT molecular complexity index is 1240.